The maximum atomic E-state index is 13.0. The van der Waals surface area contributed by atoms with Gasteiger partial charge in [0.2, 0.25) is 5.91 Å². The standard InChI is InChI=1S/C26H51NO6/c1-25(2,3)22-23(26(4,5)6)8-7-9-24(28)27-10-12-29-14-16-31-18-20-33-21-19-32-17-15-30-13-11-27/h23H,7-22H2,1-6H3. The van der Waals surface area contributed by atoms with Gasteiger partial charge >= 0.3 is 0 Å². The molecule has 7 heteroatoms. The molecule has 1 heterocycles. The highest BCUT2D eigenvalue weighted by Gasteiger charge is 2.29. The van der Waals surface area contributed by atoms with Crippen molar-refractivity contribution in [1.29, 1.82) is 0 Å². The Bertz CT molecular complexity index is 482. The number of hydrogen-bond donors (Lipinski definition) is 0. The van der Waals surface area contributed by atoms with Crippen LogP contribution in [-0.2, 0) is 28.5 Å². The van der Waals surface area contributed by atoms with Gasteiger partial charge in [-0.2, -0.15) is 0 Å². The molecule has 1 amide bonds. The summed E-state index contributed by atoms with van der Waals surface area (Å²) < 4.78 is 27.8. The molecule has 0 bridgehead atoms. The van der Waals surface area contributed by atoms with Crippen LogP contribution in [0.3, 0.4) is 0 Å². The molecule has 196 valence electrons. The Labute approximate surface area is 202 Å². The van der Waals surface area contributed by atoms with E-state index >= 15 is 0 Å². The number of hydrogen-bond acceptors (Lipinski definition) is 6. The summed E-state index contributed by atoms with van der Waals surface area (Å²) in [6.45, 7) is 20.3. The minimum atomic E-state index is 0.185. The van der Waals surface area contributed by atoms with Gasteiger partial charge in [-0.15, -0.1) is 0 Å². The Morgan fingerprint density at radius 1 is 0.697 bits per heavy atom. The molecule has 0 aromatic carbocycles. The van der Waals surface area contributed by atoms with Gasteiger partial charge in [-0.25, -0.2) is 0 Å². The molecule has 1 aliphatic heterocycles. The van der Waals surface area contributed by atoms with E-state index in [9.17, 15) is 4.79 Å². The monoisotopic (exact) mass is 473 g/mol. The van der Waals surface area contributed by atoms with E-state index in [-0.39, 0.29) is 11.3 Å². The Balaban J connectivity index is 2.51. The minimum absolute atomic E-state index is 0.185. The van der Waals surface area contributed by atoms with E-state index in [0.29, 0.717) is 96.9 Å². The molecule has 7 nitrogen and oxygen atoms in total. The molecule has 33 heavy (non-hydrogen) atoms. The van der Waals surface area contributed by atoms with E-state index < -0.39 is 0 Å². The average molecular weight is 474 g/mol. The second-order valence-electron chi connectivity index (χ2n) is 11.2. The maximum absolute atomic E-state index is 13.0. The third-order valence-corrected chi connectivity index (χ3v) is 5.88. The molecular weight excluding hydrogens is 422 g/mol. The average Bonchev–Trinajstić information content (AvgIpc) is 2.71. The van der Waals surface area contributed by atoms with Crippen molar-refractivity contribution in [3.8, 4) is 0 Å². The lowest BCUT2D eigenvalue weighted by molar-refractivity contribution is -0.133. The molecule has 0 radical (unpaired) electrons. The number of nitrogens with zero attached hydrogens (tertiary/aromatic N) is 1. The van der Waals surface area contributed by atoms with E-state index in [1.54, 1.807) is 0 Å². The molecule has 0 aromatic rings. The Morgan fingerprint density at radius 3 is 1.45 bits per heavy atom. The number of rotatable bonds is 5. The maximum Gasteiger partial charge on any atom is 0.222 e. The van der Waals surface area contributed by atoms with Crippen LogP contribution in [0.2, 0.25) is 0 Å². The van der Waals surface area contributed by atoms with E-state index in [1.807, 2.05) is 4.90 Å². The molecule has 1 unspecified atom stereocenters. The first-order chi connectivity index (χ1) is 15.6. The van der Waals surface area contributed by atoms with Crippen molar-refractivity contribution in [2.24, 2.45) is 16.7 Å². The zero-order valence-electron chi connectivity index (χ0n) is 22.3. The summed E-state index contributed by atoms with van der Waals surface area (Å²) in [5, 5.41) is 0. The fourth-order valence-corrected chi connectivity index (χ4v) is 3.93. The van der Waals surface area contributed by atoms with Gasteiger partial charge in [0, 0.05) is 19.5 Å². The van der Waals surface area contributed by atoms with Gasteiger partial charge in [0.15, 0.2) is 0 Å². The molecule has 0 saturated carbocycles. The number of carbonyl (C=O) groups excluding carboxylic acids is 1. The first-order valence-corrected chi connectivity index (χ1v) is 12.8. The lowest BCUT2D eigenvalue weighted by Gasteiger charge is -2.36. The van der Waals surface area contributed by atoms with Crippen molar-refractivity contribution in [2.75, 3.05) is 79.2 Å². The molecule has 0 N–H and O–H groups in total. The van der Waals surface area contributed by atoms with Gasteiger partial charge in [0.1, 0.15) is 0 Å². The summed E-state index contributed by atoms with van der Waals surface area (Å²) >= 11 is 0. The van der Waals surface area contributed by atoms with E-state index in [1.165, 1.54) is 6.42 Å². The molecule has 0 aliphatic carbocycles. The molecular formula is C26H51NO6. The van der Waals surface area contributed by atoms with Gasteiger partial charge in [0.25, 0.3) is 0 Å². The summed E-state index contributed by atoms with van der Waals surface area (Å²) in [6.07, 6.45) is 3.74. The summed E-state index contributed by atoms with van der Waals surface area (Å²) in [4.78, 5) is 14.9. The highest BCUT2D eigenvalue weighted by atomic mass is 16.6. The van der Waals surface area contributed by atoms with Crippen LogP contribution >= 0.6 is 0 Å². The molecule has 1 saturated heterocycles. The van der Waals surface area contributed by atoms with Crippen LogP contribution in [0, 0.1) is 16.7 Å². The Morgan fingerprint density at radius 2 is 1.09 bits per heavy atom. The summed E-state index contributed by atoms with van der Waals surface area (Å²) in [6, 6.07) is 0. The smallest absolute Gasteiger partial charge is 0.222 e. The van der Waals surface area contributed by atoms with Crippen molar-refractivity contribution < 1.29 is 28.5 Å². The van der Waals surface area contributed by atoms with Gasteiger partial charge < -0.3 is 28.6 Å². The second kappa shape index (κ2) is 16.8. The number of carbonyl (C=O) groups is 1. The fourth-order valence-electron chi connectivity index (χ4n) is 3.93. The lowest BCUT2D eigenvalue weighted by Crippen LogP contribution is -2.37. The van der Waals surface area contributed by atoms with E-state index in [0.717, 1.165) is 12.8 Å². The Kier molecular flexibility index (Phi) is 15.4. The van der Waals surface area contributed by atoms with E-state index in [2.05, 4.69) is 41.5 Å². The highest BCUT2D eigenvalue weighted by Crippen LogP contribution is 2.39. The lowest BCUT2D eigenvalue weighted by atomic mass is 9.70. The number of ether oxygens (including phenoxy) is 5. The van der Waals surface area contributed by atoms with Gasteiger partial charge in [-0.3, -0.25) is 4.79 Å². The topological polar surface area (TPSA) is 66.5 Å². The normalized spacial score (nSPS) is 20.6. The van der Waals surface area contributed by atoms with Crippen LogP contribution in [0.1, 0.15) is 67.2 Å². The van der Waals surface area contributed by atoms with Crippen LogP contribution in [0.15, 0.2) is 0 Å². The van der Waals surface area contributed by atoms with Crippen molar-refractivity contribution in [2.45, 2.75) is 67.2 Å². The van der Waals surface area contributed by atoms with E-state index in [4.69, 9.17) is 23.7 Å². The molecule has 1 aliphatic rings. The quantitative estimate of drug-likeness (QED) is 0.597. The molecule has 1 atom stereocenters. The predicted molar refractivity (Wildman–Crippen MR) is 132 cm³/mol. The van der Waals surface area contributed by atoms with Crippen LogP contribution in [0.4, 0.5) is 0 Å². The van der Waals surface area contributed by atoms with Crippen molar-refractivity contribution in [1.82, 2.24) is 4.90 Å². The number of amides is 1. The zero-order chi connectivity index (χ0) is 24.6. The van der Waals surface area contributed by atoms with Gasteiger partial charge in [-0.05, 0) is 36.0 Å². The van der Waals surface area contributed by atoms with Crippen molar-refractivity contribution >= 4 is 5.91 Å². The SMILES string of the molecule is CC(C)(C)CC(CCCC(=O)N1CCOCCOCCOCCOCCOCC1)C(C)(C)C. The molecule has 0 aromatic heterocycles. The zero-order valence-corrected chi connectivity index (χ0v) is 22.3. The molecule has 1 rings (SSSR count). The third-order valence-electron chi connectivity index (χ3n) is 5.88. The van der Waals surface area contributed by atoms with Crippen LogP contribution in [0.25, 0.3) is 0 Å². The van der Waals surface area contributed by atoms with Crippen molar-refractivity contribution in [3.63, 3.8) is 0 Å². The first-order valence-electron chi connectivity index (χ1n) is 12.8. The Hall–Kier alpha value is -0.730. The van der Waals surface area contributed by atoms with Crippen LogP contribution in [-0.4, -0.2) is 90.0 Å². The van der Waals surface area contributed by atoms with Gasteiger partial charge in [-0.1, -0.05) is 41.5 Å². The first kappa shape index (κ1) is 30.3. The summed E-state index contributed by atoms with van der Waals surface area (Å²) in [7, 11) is 0. The molecule has 0 spiro atoms. The minimum Gasteiger partial charge on any atom is -0.377 e. The second-order valence-corrected chi connectivity index (χ2v) is 11.2. The van der Waals surface area contributed by atoms with Gasteiger partial charge in [0.05, 0.1) is 66.1 Å². The largest absolute Gasteiger partial charge is 0.377 e. The molecule has 1 fully saturated rings. The van der Waals surface area contributed by atoms with Crippen molar-refractivity contribution in [3.05, 3.63) is 0 Å². The summed E-state index contributed by atoms with van der Waals surface area (Å²) in [5.41, 5.74) is 0.538. The van der Waals surface area contributed by atoms with Crippen LogP contribution < -0.4 is 0 Å². The fraction of sp³-hybridized carbons (Fsp3) is 0.962. The summed E-state index contributed by atoms with van der Waals surface area (Å²) in [5.74, 6) is 0.785. The third kappa shape index (κ3) is 16.5. The van der Waals surface area contributed by atoms with Crippen LogP contribution in [0.5, 0.6) is 0 Å². The highest BCUT2D eigenvalue weighted by molar-refractivity contribution is 5.76. The predicted octanol–water partition coefficient (Wildman–Crippen LogP) is 4.18.